The molecule has 0 radical (unpaired) electrons. The number of benzene rings is 3. The number of nitrogens with zero attached hydrogens (tertiary/aromatic N) is 1. The van der Waals surface area contributed by atoms with Crippen LogP contribution in [0.5, 0.6) is 17.2 Å². The summed E-state index contributed by atoms with van der Waals surface area (Å²) in [6.45, 7) is 0. The third-order valence-electron chi connectivity index (χ3n) is 4.67. The SMILES string of the molecule is N#Cc1ccc2c(Oc3ccc(CCC(=O)O)cc3)c(-c3ccc(O)cc3)sc2c1. The van der Waals surface area contributed by atoms with Gasteiger partial charge in [-0.05, 0) is 72.1 Å². The van der Waals surface area contributed by atoms with Gasteiger partial charge in [0.1, 0.15) is 11.5 Å². The summed E-state index contributed by atoms with van der Waals surface area (Å²) in [4.78, 5) is 11.7. The summed E-state index contributed by atoms with van der Waals surface area (Å²) in [6.07, 6.45) is 0.550. The molecule has 0 aliphatic rings. The van der Waals surface area contributed by atoms with Gasteiger partial charge in [-0.2, -0.15) is 5.26 Å². The number of phenolic OH excluding ortho intramolecular Hbond substituents is 1. The van der Waals surface area contributed by atoms with Gasteiger partial charge in [0, 0.05) is 16.5 Å². The first-order valence-electron chi connectivity index (χ1n) is 9.28. The van der Waals surface area contributed by atoms with Crippen molar-refractivity contribution in [1.29, 1.82) is 5.26 Å². The van der Waals surface area contributed by atoms with E-state index >= 15 is 0 Å². The number of thiophene rings is 1. The number of aliphatic carboxylic acids is 1. The first kappa shape index (κ1) is 19.5. The smallest absolute Gasteiger partial charge is 0.303 e. The molecule has 0 bridgehead atoms. The van der Waals surface area contributed by atoms with E-state index in [2.05, 4.69) is 6.07 Å². The molecule has 0 fully saturated rings. The molecule has 0 spiro atoms. The fraction of sp³-hybridized carbons (Fsp3) is 0.0833. The Kier molecular flexibility index (Phi) is 5.38. The highest BCUT2D eigenvalue weighted by Gasteiger charge is 2.17. The molecule has 30 heavy (non-hydrogen) atoms. The lowest BCUT2D eigenvalue weighted by atomic mass is 10.1. The van der Waals surface area contributed by atoms with Gasteiger partial charge in [0.05, 0.1) is 16.5 Å². The number of aromatic hydroxyl groups is 1. The van der Waals surface area contributed by atoms with E-state index in [1.54, 1.807) is 18.2 Å². The van der Waals surface area contributed by atoms with Gasteiger partial charge in [-0.1, -0.05) is 12.1 Å². The van der Waals surface area contributed by atoms with Gasteiger partial charge in [-0.25, -0.2) is 0 Å². The van der Waals surface area contributed by atoms with Crippen molar-refractivity contribution in [2.45, 2.75) is 12.8 Å². The molecule has 4 aromatic rings. The molecule has 1 aromatic heterocycles. The van der Waals surface area contributed by atoms with Crippen LogP contribution in [-0.2, 0) is 11.2 Å². The molecule has 1 heterocycles. The molecule has 0 amide bonds. The highest BCUT2D eigenvalue weighted by Crippen LogP contribution is 2.46. The zero-order valence-electron chi connectivity index (χ0n) is 15.8. The van der Waals surface area contributed by atoms with Crippen LogP contribution in [0.15, 0.2) is 66.7 Å². The molecule has 148 valence electrons. The maximum atomic E-state index is 10.8. The van der Waals surface area contributed by atoms with Crippen molar-refractivity contribution in [3.05, 3.63) is 77.9 Å². The largest absolute Gasteiger partial charge is 0.508 e. The number of ether oxygens (including phenoxy) is 1. The van der Waals surface area contributed by atoms with Crippen LogP contribution in [0, 0.1) is 11.3 Å². The van der Waals surface area contributed by atoms with Crippen LogP contribution in [0.2, 0.25) is 0 Å². The normalized spacial score (nSPS) is 10.6. The second-order valence-electron chi connectivity index (χ2n) is 6.77. The van der Waals surface area contributed by atoms with Gasteiger partial charge in [-0.3, -0.25) is 4.79 Å². The average molecular weight is 415 g/mol. The Morgan fingerprint density at radius 2 is 1.77 bits per heavy atom. The Bertz CT molecular complexity index is 1250. The van der Waals surface area contributed by atoms with E-state index in [9.17, 15) is 15.2 Å². The number of hydrogen-bond acceptors (Lipinski definition) is 5. The first-order valence-corrected chi connectivity index (χ1v) is 10.1. The fourth-order valence-corrected chi connectivity index (χ4v) is 4.31. The van der Waals surface area contributed by atoms with E-state index in [-0.39, 0.29) is 12.2 Å². The molecule has 2 N–H and O–H groups in total. The lowest BCUT2D eigenvalue weighted by Crippen LogP contribution is -1.97. The third kappa shape index (κ3) is 4.12. The number of nitriles is 1. The average Bonchev–Trinajstić information content (AvgIpc) is 3.11. The van der Waals surface area contributed by atoms with Crippen molar-refractivity contribution in [3.63, 3.8) is 0 Å². The van der Waals surface area contributed by atoms with E-state index < -0.39 is 5.97 Å². The number of rotatable bonds is 6. The first-order chi connectivity index (χ1) is 14.5. The second-order valence-corrected chi connectivity index (χ2v) is 7.82. The van der Waals surface area contributed by atoms with Crippen molar-refractivity contribution in [2.75, 3.05) is 0 Å². The van der Waals surface area contributed by atoms with Crippen molar-refractivity contribution in [1.82, 2.24) is 0 Å². The topological polar surface area (TPSA) is 90.5 Å². The predicted molar refractivity (Wildman–Crippen MR) is 116 cm³/mol. The van der Waals surface area contributed by atoms with E-state index in [4.69, 9.17) is 9.84 Å². The van der Waals surface area contributed by atoms with E-state index in [1.165, 1.54) is 11.3 Å². The van der Waals surface area contributed by atoms with Crippen LogP contribution in [0.4, 0.5) is 0 Å². The zero-order valence-corrected chi connectivity index (χ0v) is 16.6. The number of fused-ring (bicyclic) bond motifs is 1. The van der Waals surface area contributed by atoms with E-state index in [0.717, 1.165) is 26.1 Å². The number of carboxylic acids is 1. The van der Waals surface area contributed by atoms with Crippen molar-refractivity contribution in [3.8, 4) is 33.8 Å². The Balaban J connectivity index is 1.73. The summed E-state index contributed by atoms with van der Waals surface area (Å²) in [7, 11) is 0. The molecule has 0 aliphatic heterocycles. The van der Waals surface area contributed by atoms with Crippen LogP contribution >= 0.6 is 11.3 Å². The Morgan fingerprint density at radius 3 is 2.43 bits per heavy atom. The van der Waals surface area contributed by atoms with Crippen molar-refractivity contribution in [2.24, 2.45) is 0 Å². The lowest BCUT2D eigenvalue weighted by molar-refractivity contribution is -0.136. The molecule has 3 aromatic carbocycles. The number of hydrogen-bond donors (Lipinski definition) is 2. The molecule has 4 rings (SSSR count). The van der Waals surface area contributed by atoms with Gasteiger partial charge in [-0.15, -0.1) is 11.3 Å². The fourth-order valence-electron chi connectivity index (χ4n) is 3.14. The third-order valence-corrected chi connectivity index (χ3v) is 5.86. The van der Waals surface area contributed by atoms with Gasteiger partial charge in [0.2, 0.25) is 0 Å². The highest BCUT2D eigenvalue weighted by molar-refractivity contribution is 7.22. The molecular weight excluding hydrogens is 398 g/mol. The zero-order chi connectivity index (χ0) is 21.1. The summed E-state index contributed by atoms with van der Waals surface area (Å²) < 4.78 is 7.19. The van der Waals surface area contributed by atoms with Crippen LogP contribution in [0.25, 0.3) is 20.5 Å². The molecule has 6 heteroatoms. The summed E-state index contributed by atoms with van der Waals surface area (Å²) in [5.74, 6) is 0.683. The summed E-state index contributed by atoms with van der Waals surface area (Å²) >= 11 is 1.52. The molecule has 5 nitrogen and oxygen atoms in total. The van der Waals surface area contributed by atoms with Crippen LogP contribution in [0.1, 0.15) is 17.5 Å². The minimum Gasteiger partial charge on any atom is -0.508 e. The van der Waals surface area contributed by atoms with Gasteiger partial charge >= 0.3 is 5.97 Å². The predicted octanol–water partition coefficient (Wildman–Crippen LogP) is 5.96. The number of aryl methyl sites for hydroxylation is 1. The lowest BCUT2D eigenvalue weighted by Gasteiger charge is -2.09. The molecule has 0 aliphatic carbocycles. The quantitative estimate of drug-likeness (QED) is 0.406. The van der Waals surface area contributed by atoms with Crippen LogP contribution in [0.3, 0.4) is 0 Å². The number of phenols is 1. The second kappa shape index (κ2) is 8.27. The van der Waals surface area contributed by atoms with Gasteiger partial charge in [0.15, 0.2) is 5.75 Å². The van der Waals surface area contributed by atoms with Crippen molar-refractivity contribution < 1.29 is 19.7 Å². The van der Waals surface area contributed by atoms with Crippen LogP contribution in [-0.4, -0.2) is 16.2 Å². The van der Waals surface area contributed by atoms with E-state index in [0.29, 0.717) is 23.5 Å². The molecule has 0 saturated heterocycles. The molecular formula is C24H17NO4S. The molecule has 0 atom stereocenters. The minimum absolute atomic E-state index is 0.0849. The summed E-state index contributed by atoms with van der Waals surface area (Å²) in [5.41, 5.74) is 2.41. The molecule has 0 unspecified atom stereocenters. The Morgan fingerprint density at radius 1 is 1.03 bits per heavy atom. The Hall–Kier alpha value is -3.82. The highest BCUT2D eigenvalue weighted by atomic mass is 32.1. The summed E-state index contributed by atoms with van der Waals surface area (Å²) in [5, 5.41) is 28.6. The number of carboxylic acid groups (broad SMARTS) is 1. The molecule has 0 saturated carbocycles. The number of carbonyl (C=O) groups is 1. The maximum Gasteiger partial charge on any atom is 0.303 e. The van der Waals surface area contributed by atoms with E-state index in [1.807, 2.05) is 48.5 Å². The summed E-state index contributed by atoms with van der Waals surface area (Å²) in [6, 6.07) is 21.9. The standard InChI is InChI=1S/C24H17NO4S/c25-14-16-3-11-20-21(13-16)30-24(17-5-7-18(26)8-6-17)23(20)29-19-9-1-15(2-10-19)4-12-22(27)28/h1-3,5-11,13,26H,4,12H2,(H,27,28). The van der Waals surface area contributed by atoms with Crippen molar-refractivity contribution >= 4 is 27.4 Å². The monoisotopic (exact) mass is 415 g/mol. The Labute approximate surface area is 177 Å². The maximum absolute atomic E-state index is 10.8. The minimum atomic E-state index is -0.824. The van der Waals surface area contributed by atoms with Gasteiger partial charge in [0.25, 0.3) is 0 Å². The van der Waals surface area contributed by atoms with Gasteiger partial charge < -0.3 is 14.9 Å². The van der Waals surface area contributed by atoms with Crippen LogP contribution < -0.4 is 4.74 Å².